The minimum atomic E-state index is 0.714. The van der Waals surface area contributed by atoms with E-state index in [0.717, 1.165) is 35.5 Å². The maximum Gasteiger partial charge on any atom is 0.179 e. The van der Waals surface area contributed by atoms with Crippen molar-refractivity contribution in [1.82, 2.24) is 24.4 Å². The number of nitrogens with one attached hydrogen (secondary N) is 1. The zero-order valence-electron chi connectivity index (χ0n) is 12.1. The van der Waals surface area contributed by atoms with Crippen LogP contribution in [0.5, 0.6) is 0 Å². The molecule has 0 spiro atoms. The van der Waals surface area contributed by atoms with Crippen molar-refractivity contribution in [3.05, 3.63) is 41.4 Å². The van der Waals surface area contributed by atoms with Crippen LogP contribution >= 0.6 is 12.2 Å². The van der Waals surface area contributed by atoms with Gasteiger partial charge in [0, 0.05) is 31.0 Å². The van der Waals surface area contributed by atoms with Gasteiger partial charge in [0.2, 0.25) is 0 Å². The Balaban J connectivity index is 2.07. The Morgan fingerprint density at radius 3 is 2.67 bits per heavy atom. The van der Waals surface area contributed by atoms with Gasteiger partial charge in [0.15, 0.2) is 10.4 Å². The number of nitrogens with zero attached hydrogens (tertiary/aromatic N) is 4. The van der Waals surface area contributed by atoms with Gasteiger partial charge in [-0.05, 0) is 50.6 Å². The second kappa shape index (κ2) is 5.75. The molecule has 21 heavy (non-hydrogen) atoms. The van der Waals surface area contributed by atoms with Crippen molar-refractivity contribution in [2.75, 3.05) is 20.6 Å². The minimum absolute atomic E-state index is 0.714. The third-order valence-electron chi connectivity index (χ3n) is 3.36. The molecule has 3 rings (SSSR count). The number of aromatic nitrogens is 4. The predicted octanol–water partition coefficient (Wildman–Crippen LogP) is 2.72. The lowest BCUT2D eigenvalue weighted by molar-refractivity contribution is 0.385. The summed E-state index contributed by atoms with van der Waals surface area (Å²) in [4.78, 5) is 14.2. The molecule has 0 saturated carbocycles. The molecule has 0 atom stereocenters. The van der Waals surface area contributed by atoms with E-state index in [9.17, 15) is 0 Å². The normalized spacial score (nSPS) is 11.4. The summed E-state index contributed by atoms with van der Waals surface area (Å²) in [6.07, 6.45) is 3.55. The number of fused-ring (bicyclic) bond motifs is 1. The van der Waals surface area contributed by atoms with Gasteiger partial charge in [0.1, 0.15) is 0 Å². The fourth-order valence-electron chi connectivity index (χ4n) is 2.22. The van der Waals surface area contributed by atoms with Gasteiger partial charge in [-0.1, -0.05) is 0 Å². The van der Waals surface area contributed by atoms with Gasteiger partial charge in [0.05, 0.1) is 11.2 Å². The van der Waals surface area contributed by atoms with Crippen molar-refractivity contribution in [2.24, 2.45) is 0 Å². The van der Waals surface area contributed by atoms with E-state index in [1.807, 2.05) is 38.4 Å². The largest absolute Gasteiger partial charge is 0.329 e. The van der Waals surface area contributed by atoms with Gasteiger partial charge in [0.25, 0.3) is 0 Å². The SMILES string of the molecule is CN(C)CCn1c(=S)[nH]c2ccc(-c3ccncc3)nc21. The monoisotopic (exact) mass is 299 g/mol. The quantitative estimate of drug-likeness (QED) is 0.753. The number of pyridine rings is 2. The summed E-state index contributed by atoms with van der Waals surface area (Å²) >= 11 is 5.40. The van der Waals surface area contributed by atoms with Crippen LogP contribution in [-0.2, 0) is 6.54 Å². The van der Waals surface area contributed by atoms with E-state index in [-0.39, 0.29) is 0 Å². The third kappa shape index (κ3) is 2.86. The molecule has 5 nitrogen and oxygen atoms in total. The van der Waals surface area contributed by atoms with E-state index in [1.165, 1.54) is 0 Å². The molecule has 0 aromatic carbocycles. The Bertz CT molecular complexity index is 804. The van der Waals surface area contributed by atoms with Crippen LogP contribution in [0.15, 0.2) is 36.7 Å². The van der Waals surface area contributed by atoms with Crippen molar-refractivity contribution in [3.8, 4) is 11.3 Å². The van der Waals surface area contributed by atoms with Crippen LogP contribution in [0.25, 0.3) is 22.4 Å². The molecule has 6 heteroatoms. The number of likely N-dealkylation sites (N-methyl/N-ethyl adjacent to an activating group) is 1. The van der Waals surface area contributed by atoms with Crippen LogP contribution in [0.2, 0.25) is 0 Å². The van der Waals surface area contributed by atoms with Gasteiger partial charge < -0.3 is 14.5 Å². The molecule has 0 amide bonds. The highest BCUT2D eigenvalue weighted by molar-refractivity contribution is 7.71. The van der Waals surface area contributed by atoms with E-state index >= 15 is 0 Å². The first-order valence-electron chi connectivity index (χ1n) is 6.80. The van der Waals surface area contributed by atoms with Crippen molar-refractivity contribution in [1.29, 1.82) is 0 Å². The highest BCUT2D eigenvalue weighted by atomic mass is 32.1. The number of H-pyrrole nitrogens is 1. The number of hydrogen-bond acceptors (Lipinski definition) is 4. The molecule has 0 aliphatic heterocycles. The van der Waals surface area contributed by atoms with E-state index in [1.54, 1.807) is 12.4 Å². The molecule has 3 aromatic rings. The second-order valence-corrected chi connectivity index (χ2v) is 5.58. The highest BCUT2D eigenvalue weighted by Crippen LogP contribution is 2.20. The molecule has 0 fully saturated rings. The summed E-state index contributed by atoms with van der Waals surface area (Å²) in [5.41, 5.74) is 3.85. The first kappa shape index (κ1) is 13.9. The molecular formula is C15H17N5S. The Morgan fingerprint density at radius 2 is 1.95 bits per heavy atom. The Hall–Kier alpha value is -2.05. The number of rotatable bonds is 4. The molecule has 3 heterocycles. The topological polar surface area (TPSA) is 49.7 Å². The predicted molar refractivity (Wildman–Crippen MR) is 86.7 cm³/mol. The Kier molecular flexibility index (Phi) is 3.81. The smallest absolute Gasteiger partial charge is 0.179 e. The van der Waals surface area contributed by atoms with E-state index < -0.39 is 0 Å². The fourth-order valence-corrected chi connectivity index (χ4v) is 2.51. The third-order valence-corrected chi connectivity index (χ3v) is 3.69. The lowest BCUT2D eigenvalue weighted by Crippen LogP contribution is -2.18. The van der Waals surface area contributed by atoms with Gasteiger partial charge >= 0.3 is 0 Å². The molecule has 1 N–H and O–H groups in total. The van der Waals surface area contributed by atoms with E-state index in [4.69, 9.17) is 17.2 Å². The molecule has 0 bridgehead atoms. The maximum absolute atomic E-state index is 5.40. The first-order valence-corrected chi connectivity index (χ1v) is 7.20. The molecule has 0 aliphatic carbocycles. The summed E-state index contributed by atoms with van der Waals surface area (Å²) in [6, 6.07) is 7.94. The summed E-state index contributed by atoms with van der Waals surface area (Å²) in [5.74, 6) is 0. The van der Waals surface area contributed by atoms with Crippen LogP contribution in [-0.4, -0.2) is 45.1 Å². The molecule has 0 aliphatic rings. The number of imidazole rings is 1. The van der Waals surface area contributed by atoms with Crippen molar-refractivity contribution in [2.45, 2.75) is 6.54 Å². The lowest BCUT2D eigenvalue weighted by atomic mass is 10.2. The molecular weight excluding hydrogens is 282 g/mol. The summed E-state index contributed by atoms with van der Waals surface area (Å²) in [7, 11) is 4.10. The van der Waals surface area contributed by atoms with Gasteiger partial charge in [-0.2, -0.15) is 0 Å². The zero-order valence-corrected chi connectivity index (χ0v) is 12.9. The minimum Gasteiger partial charge on any atom is -0.329 e. The molecule has 0 unspecified atom stereocenters. The van der Waals surface area contributed by atoms with Gasteiger partial charge in [-0.25, -0.2) is 4.98 Å². The number of hydrogen-bond donors (Lipinski definition) is 1. The second-order valence-electron chi connectivity index (χ2n) is 5.19. The number of aromatic amines is 1. The van der Waals surface area contributed by atoms with Crippen LogP contribution in [0.3, 0.4) is 0 Å². The van der Waals surface area contributed by atoms with Crippen LogP contribution in [0.4, 0.5) is 0 Å². The fraction of sp³-hybridized carbons (Fsp3) is 0.267. The Labute approximate surface area is 128 Å². The van der Waals surface area contributed by atoms with Crippen molar-refractivity contribution in [3.63, 3.8) is 0 Å². The summed E-state index contributed by atoms with van der Waals surface area (Å²) < 4.78 is 2.77. The van der Waals surface area contributed by atoms with Gasteiger partial charge in [-0.3, -0.25) is 4.98 Å². The van der Waals surface area contributed by atoms with E-state index in [0.29, 0.717) is 4.77 Å². The zero-order chi connectivity index (χ0) is 14.8. The molecule has 3 aromatic heterocycles. The van der Waals surface area contributed by atoms with Crippen LogP contribution in [0, 0.1) is 4.77 Å². The van der Waals surface area contributed by atoms with Crippen LogP contribution < -0.4 is 0 Å². The summed E-state index contributed by atoms with van der Waals surface area (Å²) in [6.45, 7) is 1.74. The lowest BCUT2D eigenvalue weighted by Gasteiger charge is -2.10. The van der Waals surface area contributed by atoms with Gasteiger partial charge in [-0.15, -0.1) is 0 Å². The van der Waals surface area contributed by atoms with Crippen molar-refractivity contribution >= 4 is 23.4 Å². The van der Waals surface area contributed by atoms with Crippen molar-refractivity contribution < 1.29 is 0 Å². The Morgan fingerprint density at radius 1 is 1.19 bits per heavy atom. The molecule has 108 valence electrons. The maximum atomic E-state index is 5.40. The van der Waals surface area contributed by atoms with E-state index in [2.05, 4.69) is 19.4 Å². The first-order chi connectivity index (χ1) is 10.1. The molecule has 0 radical (unpaired) electrons. The average molecular weight is 299 g/mol. The standard InChI is InChI=1S/C15H17N5S/c1-19(2)9-10-20-14-13(18-15(20)21)4-3-12(17-14)11-5-7-16-8-6-11/h3-8H,9-10H2,1-2H3,(H,18,21). The summed E-state index contributed by atoms with van der Waals surface area (Å²) in [5, 5.41) is 0. The highest BCUT2D eigenvalue weighted by Gasteiger charge is 2.08. The molecule has 0 saturated heterocycles. The average Bonchev–Trinajstić information content (AvgIpc) is 2.80. The van der Waals surface area contributed by atoms with Crippen LogP contribution in [0.1, 0.15) is 0 Å².